The molecule has 0 aromatic heterocycles. The Morgan fingerprint density at radius 3 is 2.65 bits per heavy atom. The fourth-order valence-electron chi connectivity index (χ4n) is 6.55. The lowest BCUT2D eigenvalue weighted by Gasteiger charge is -2.58. The summed E-state index contributed by atoms with van der Waals surface area (Å²) in [4.78, 5) is 24.0. The summed E-state index contributed by atoms with van der Waals surface area (Å²) in [6.07, 6.45) is 11.7. The van der Waals surface area contributed by atoms with Gasteiger partial charge in [-0.1, -0.05) is 31.6 Å². The zero-order valence-corrected chi connectivity index (χ0v) is 14.7. The van der Waals surface area contributed by atoms with Crippen molar-refractivity contribution in [3.63, 3.8) is 0 Å². The van der Waals surface area contributed by atoms with E-state index in [1.165, 1.54) is 24.8 Å². The molecule has 3 fully saturated rings. The number of rotatable bonds is 1. The third kappa shape index (κ3) is 1.99. The minimum atomic E-state index is -0.0132. The summed E-state index contributed by atoms with van der Waals surface area (Å²) in [5, 5.41) is 0. The minimum Gasteiger partial charge on any atom is -0.300 e. The van der Waals surface area contributed by atoms with Crippen molar-refractivity contribution in [2.24, 2.45) is 28.6 Å². The number of carbonyl (C=O) groups excluding carboxylic acids is 2. The highest BCUT2D eigenvalue weighted by atomic mass is 16.1. The zero-order valence-electron chi connectivity index (χ0n) is 14.7. The van der Waals surface area contributed by atoms with Crippen LogP contribution in [0.5, 0.6) is 0 Å². The van der Waals surface area contributed by atoms with Crippen molar-refractivity contribution in [2.75, 3.05) is 0 Å². The molecule has 5 atom stereocenters. The highest BCUT2D eigenvalue weighted by molar-refractivity contribution is 5.96. The molecule has 4 rings (SSSR count). The molecule has 0 bridgehead atoms. The van der Waals surface area contributed by atoms with Gasteiger partial charge >= 0.3 is 0 Å². The molecule has 2 nitrogen and oxygen atoms in total. The third-order valence-electron chi connectivity index (χ3n) is 7.90. The van der Waals surface area contributed by atoms with Gasteiger partial charge < -0.3 is 0 Å². The van der Waals surface area contributed by atoms with Crippen molar-refractivity contribution in [3.8, 4) is 0 Å². The maximum absolute atomic E-state index is 12.1. The van der Waals surface area contributed by atoms with Gasteiger partial charge in [-0.15, -0.1) is 0 Å². The van der Waals surface area contributed by atoms with Gasteiger partial charge in [0, 0.05) is 23.8 Å². The summed E-state index contributed by atoms with van der Waals surface area (Å²) in [5.41, 5.74) is 2.87. The monoisotopic (exact) mass is 312 g/mol. The first-order valence-corrected chi connectivity index (χ1v) is 9.32. The molecular weight excluding hydrogens is 284 g/mol. The van der Waals surface area contributed by atoms with Gasteiger partial charge in [-0.05, 0) is 62.2 Å². The van der Waals surface area contributed by atoms with Gasteiger partial charge in [0.05, 0.1) is 0 Å². The minimum absolute atomic E-state index is 0.0132. The molecule has 0 heterocycles. The van der Waals surface area contributed by atoms with Crippen LogP contribution >= 0.6 is 0 Å². The third-order valence-corrected chi connectivity index (χ3v) is 7.90. The summed E-state index contributed by atoms with van der Waals surface area (Å²) >= 11 is 0. The van der Waals surface area contributed by atoms with Crippen molar-refractivity contribution in [1.82, 2.24) is 0 Å². The van der Waals surface area contributed by atoms with Crippen molar-refractivity contribution in [3.05, 3.63) is 23.3 Å². The summed E-state index contributed by atoms with van der Waals surface area (Å²) in [5.74, 6) is 2.63. The van der Waals surface area contributed by atoms with E-state index in [-0.39, 0.29) is 11.2 Å². The molecule has 0 radical (unpaired) electrons. The first-order chi connectivity index (χ1) is 10.9. The Kier molecular flexibility index (Phi) is 3.28. The first-order valence-electron chi connectivity index (χ1n) is 9.32. The van der Waals surface area contributed by atoms with Crippen molar-refractivity contribution >= 4 is 11.6 Å². The van der Waals surface area contributed by atoms with Crippen LogP contribution in [0.2, 0.25) is 0 Å². The largest absolute Gasteiger partial charge is 0.300 e. The fourth-order valence-corrected chi connectivity index (χ4v) is 6.55. The summed E-state index contributed by atoms with van der Waals surface area (Å²) in [6.45, 7) is 6.46. The highest BCUT2D eigenvalue weighted by Crippen LogP contribution is 2.64. The van der Waals surface area contributed by atoms with Crippen molar-refractivity contribution in [1.29, 1.82) is 0 Å². The smallest absolute Gasteiger partial charge is 0.156 e. The van der Waals surface area contributed by atoms with E-state index in [1.807, 2.05) is 0 Å². The molecular formula is C21H28O2. The standard InChI is InChI=1S/C21H28O2/c1-13(22)17-6-7-18-16-5-4-14-12-15(23)8-10-20(14,2)19(16)9-11-21(17,18)3/h6-7,14,16,19H,4-5,8-12H2,1-3H3/t14?,16-,19-,20-,21+/m0/s1. The molecule has 124 valence electrons. The Labute approximate surface area is 139 Å². The highest BCUT2D eigenvalue weighted by Gasteiger charge is 2.56. The van der Waals surface area contributed by atoms with Gasteiger partial charge in [0.15, 0.2) is 5.78 Å². The Morgan fingerprint density at radius 1 is 1.13 bits per heavy atom. The topological polar surface area (TPSA) is 34.1 Å². The number of ketones is 2. The van der Waals surface area contributed by atoms with Crippen LogP contribution in [0.25, 0.3) is 0 Å². The lowest BCUT2D eigenvalue weighted by atomic mass is 9.46. The van der Waals surface area contributed by atoms with Crippen LogP contribution in [-0.4, -0.2) is 11.6 Å². The van der Waals surface area contributed by atoms with Gasteiger partial charge in [0.2, 0.25) is 0 Å². The number of hydrogen-bond donors (Lipinski definition) is 0. The zero-order chi connectivity index (χ0) is 16.4. The Morgan fingerprint density at radius 2 is 1.91 bits per heavy atom. The molecule has 0 amide bonds. The van der Waals surface area contributed by atoms with Crippen LogP contribution in [0.3, 0.4) is 0 Å². The van der Waals surface area contributed by atoms with Gasteiger partial charge in [0.25, 0.3) is 0 Å². The van der Waals surface area contributed by atoms with Crippen molar-refractivity contribution < 1.29 is 9.59 Å². The second-order valence-electron chi connectivity index (χ2n) is 8.87. The first kappa shape index (κ1) is 15.4. The Balaban J connectivity index is 1.66. The van der Waals surface area contributed by atoms with Crippen LogP contribution < -0.4 is 0 Å². The Bertz CT molecular complexity index is 640. The second kappa shape index (κ2) is 4.91. The van der Waals surface area contributed by atoms with Gasteiger partial charge in [-0.3, -0.25) is 9.59 Å². The maximum atomic E-state index is 12.1. The molecule has 0 aromatic carbocycles. The summed E-state index contributed by atoms with van der Waals surface area (Å²) in [7, 11) is 0. The van der Waals surface area contributed by atoms with Crippen LogP contribution in [0.4, 0.5) is 0 Å². The van der Waals surface area contributed by atoms with E-state index in [0.29, 0.717) is 29.0 Å². The van der Waals surface area contributed by atoms with E-state index < -0.39 is 0 Å². The molecule has 2 heteroatoms. The van der Waals surface area contributed by atoms with E-state index in [4.69, 9.17) is 0 Å². The van der Waals surface area contributed by atoms with Crippen LogP contribution in [0, 0.1) is 28.6 Å². The molecule has 0 spiro atoms. The fraction of sp³-hybridized carbons (Fsp3) is 0.714. The maximum Gasteiger partial charge on any atom is 0.156 e. The lowest BCUT2D eigenvalue weighted by Crippen LogP contribution is -2.51. The molecule has 0 aliphatic heterocycles. The van der Waals surface area contributed by atoms with Gasteiger partial charge in [-0.25, -0.2) is 0 Å². The quantitative estimate of drug-likeness (QED) is 0.706. The molecule has 1 unspecified atom stereocenters. The molecule has 0 aromatic rings. The molecule has 3 saturated carbocycles. The predicted molar refractivity (Wildman–Crippen MR) is 90.9 cm³/mol. The van der Waals surface area contributed by atoms with E-state index in [1.54, 1.807) is 6.92 Å². The molecule has 23 heavy (non-hydrogen) atoms. The summed E-state index contributed by atoms with van der Waals surface area (Å²) < 4.78 is 0. The number of carbonyl (C=O) groups is 2. The summed E-state index contributed by atoms with van der Waals surface area (Å²) in [6, 6.07) is 0. The molecule has 0 N–H and O–H groups in total. The number of fused-ring (bicyclic) bond motifs is 5. The van der Waals surface area contributed by atoms with Gasteiger partial charge in [-0.2, -0.15) is 0 Å². The SMILES string of the molecule is CC(=O)C1=CC=C2[C@@H]3CCC4CC(=O)CC[C@]4(C)[C@H]3CC[C@]12C. The van der Waals surface area contributed by atoms with E-state index in [2.05, 4.69) is 26.0 Å². The lowest BCUT2D eigenvalue weighted by molar-refractivity contribution is -0.131. The Hall–Kier alpha value is -1.18. The van der Waals surface area contributed by atoms with E-state index in [9.17, 15) is 9.59 Å². The van der Waals surface area contributed by atoms with E-state index >= 15 is 0 Å². The number of Topliss-reactive ketones (excluding diaryl/α,β-unsaturated/α-hetero) is 2. The van der Waals surface area contributed by atoms with E-state index in [0.717, 1.165) is 31.3 Å². The number of hydrogen-bond acceptors (Lipinski definition) is 2. The normalized spacial score (nSPS) is 45.5. The van der Waals surface area contributed by atoms with Crippen molar-refractivity contribution in [2.45, 2.75) is 65.7 Å². The molecule has 4 aliphatic rings. The van der Waals surface area contributed by atoms with Crippen LogP contribution in [0.15, 0.2) is 23.3 Å². The van der Waals surface area contributed by atoms with Gasteiger partial charge in [0.1, 0.15) is 5.78 Å². The average molecular weight is 312 g/mol. The van der Waals surface area contributed by atoms with Crippen LogP contribution in [-0.2, 0) is 9.59 Å². The van der Waals surface area contributed by atoms with Crippen LogP contribution in [0.1, 0.15) is 65.7 Å². The molecule has 0 saturated heterocycles. The molecule has 4 aliphatic carbocycles. The number of allylic oxidation sites excluding steroid dienone is 4. The second-order valence-corrected chi connectivity index (χ2v) is 8.87. The average Bonchev–Trinajstić information content (AvgIpc) is 2.85. The predicted octanol–water partition coefficient (Wildman–Crippen LogP) is 4.64.